The summed E-state index contributed by atoms with van der Waals surface area (Å²) in [6.07, 6.45) is 4.29. The molecule has 1 N–H and O–H groups in total. The Morgan fingerprint density at radius 3 is 2.91 bits per heavy atom. The van der Waals surface area contributed by atoms with Crippen molar-refractivity contribution in [2.24, 2.45) is 0 Å². The molecule has 0 spiro atoms. The SMILES string of the molecule is CCCC(=O)NC[C@H](Cc1cccc(F)c1)N1CCCCC1=O. The minimum absolute atomic E-state index is 0.00111. The molecule has 1 saturated heterocycles. The molecule has 0 aliphatic carbocycles. The van der Waals surface area contributed by atoms with Crippen LogP contribution < -0.4 is 5.32 Å². The summed E-state index contributed by atoms with van der Waals surface area (Å²) in [6.45, 7) is 3.08. The highest BCUT2D eigenvalue weighted by molar-refractivity contribution is 5.78. The van der Waals surface area contributed by atoms with Crippen LogP contribution in [0.3, 0.4) is 0 Å². The van der Waals surface area contributed by atoms with Gasteiger partial charge >= 0.3 is 0 Å². The van der Waals surface area contributed by atoms with Gasteiger partial charge < -0.3 is 10.2 Å². The third-order valence-electron chi connectivity index (χ3n) is 4.17. The van der Waals surface area contributed by atoms with Crippen LogP contribution in [-0.4, -0.2) is 35.8 Å². The van der Waals surface area contributed by atoms with Crippen molar-refractivity contribution in [3.8, 4) is 0 Å². The Kier molecular flexibility index (Phi) is 6.56. The Labute approximate surface area is 137 Å². The highest BCUT2D eigenvalue weighted by Crippen LogP contribution is 2.17. The average molecular weight is 320 g/mol. The molecular formula is C18H25FN2O2. The number of likely N-dealkylation sites (tertiary alicyclic amines) is 1. The lowest BCUT2D eigenvalue weighted by molar-refractivity contribution is -0.136. The Hall–Kier alpha value is -1.91. The lowest BCUT2D eigenvalue weighted by Gasteiger charge is -2.35. The van der Waals surface area contributed by atoms with E-state index in [1.165, 1.54) is 12.1 Å². The van der Waals surface area contributed by atoms with E-state index in [4.69, 9.17) is 0 Å². The normalized spacial score (nSPS) is 16.3. The summed E-state index contributed by atoms with van der Waals surface area (Å²) in [5, 5.41) is 2.91. The van der Waals surface area contributed by atoms with Crippen molar-refractivity contribution in [2.75, 3.05) is 13.1 Å². The van der Waals surface area contributed by atoms with Gasteiger partial charge in [0.15, 0.2) is 0 Å². The Bertz CT molecular complexity index is 548. The van der Waals surface area contributed by atoms with E-state index in [-0.39, 0.29) is 23.7 Å². The molecule has 0 saturated carbocycles. The molecule has 0 aromatic heterocycles. The maximum Gasteiger partial charge on any atom is 0.222 e. The number of hydrogen-bond donors (Lipinski definition) is 1. The first-order valence-electron chi connectivity index (χ1n) is 8.40. The fourth-order valence-corrected chi connectivity index (χ4v) is 2.99. The molecule has 126 valence electrons. The molecule has 1 atom stereocenters. The van der Waals surface area contributed by atoms with E-state index >= 15 is 0 Å². The van der Waals surface area contributed by atoms with Crippen LogP contribution in [0, 0.1) is 5.82 Å². The van der Waals surface area contributed by atoms with Crippen LogP contribution in [-0.2, 0) is 16.0 Å². The van der Waals surface area contributed by atoms with Gasteiger partial charge in [0.05, 0.1) is 6.04 Å². The number of nitrogens with zero attached hydrogens (tertiary/aromatic N) is 1. The van der Waals surface area contributed by atoms with Crippen molar-refractivity contribution in [3.63, 3.8) is 0 Å². The van der Waals surface area contributed by atoms with Crippen LogP contribution in [0.5, 0.6) is 0 Å². The molecule has 0 unspecified atom stereocenters. The highest BCUT2D eigenvalue weighted by Gasteiger charge is 2.26. The predicted octanol–water partition coefficient (Wildman–Crippen LogP) is 2.67. The van der Waals surface area contributed by atoms with Gasteiger partial charge in [0.2, 0.25) is 11.8 Å². The van der Waals surface area contributed by atoms with Gasteiger partial charge in [-0.25, -0.2) is 4.39 Å². The fraction of sp³-hybridized carbons (Fsp3) is 0.556. The van der Waals surface area contributed by atoms with Crippen molar-refractivity contribution in [1.29, 1.82) is 0 Å². The van der Waals surface area contributed by atoms with Crippen molar-refractivity contribution >= 4 is 11.8 Å². The highest BCUT2D eigenvalue weighted by atomic mass is 19.1. The minimum Gasteiger partial charge on any atom is -0.354 e. The Morgan fingerprint density at radius 2 is 2.22 bits per heavy atom. The van der Waals surface area contributed by atoms with Gasteiger partial charge in [-0.05, 0) is 43.4 Å². The number of halogens is 1. The van der Waals surface area contributed by atoms with Gasteiger partial charge in [-0.3, -0.25) is 9.59 Å². The largest absolute Gasteiger partial charge is 0.354 e. The molecule has 23 heavy (non-hydrogen) atoms. The fourth-order valence-electron chi connectivity index (χ4n) is 2.99. The molecule has 1 aliphatic rings. The molecule has 1 fully saturated rings. The summed E-state index contributed by atoms with van der Waals surface area (Å²) in [5.41, 5.74) is 0.845. The smallest absolute Gasteiger partial charge is 0.222 e. The lowest BCUT2D eigenvalue weighted by Crippen LogP contribution is -2.49. The van der Waals surface area contributed by atoms with Crippen LogP contribution in [0.1, 0.15) is 44.6 Å². The third kappa shape index (κ3) is 5.34. The third-order valence-corrected chi connectivity index (χ3v) is 4.17. The van der Waals surface area contributed by atoms with Crippen LogP contribution in [0.4, 0.5) is 4.39 Å². The summed E-state index contributed by atoms with van der Waals surface area (Å²) in [5.74, 6) is -0.148. The zero-order valence-corrected chi connectivity index (χ0v) is 13.7. The first-order valence-corrected chi connectivity index (χ1v) is 8.40. The summed E-state index contributed by atoms with van der Waals surface area (Å²) in [7, 11) is 0. The standard InChI is InChI=1S/C18H25FN2O2/c1-2-6-17(22)20-13-16(21-10-4-3-9-18(21)23)12-14-7-5-8-15(19)11-14/h5,7-8,11,16H,2-4,6,9-10,12-13H2,1H3,(H,20,22)/t16-/m0/s1. The van der Waals surface area contributed by atoms with Gasteiger partial charge in [-0.1, -0.05) is 19.1 Å². The average Bonchev–Trinajstić information content (AvgIpc) is 2.52. The summed E-state index contributed by atoms with van der Waals surface area (Å²) >= 11 is 0. The van der Waals surface area contributed by atoms with Gasteiger partial charge in [0, 0.05) is 25.9 Å². The van der Waals surface area contributed by atoms with Gasteiger partial charge in [-0.15, -0.1) is 0 Å². The molecule has 2 rings (SSSR count). The second-order valence-electron chi connectivity index (χ2n) is 6.09. The zero-order chi connectivity index (χ0) is 16.7. The number of carbonyl (C=O) groups is 2. The maximum atomic E-state index is 13.4. The molecule has 1 aliphatic heterocycles. The van der Waals surface area contributed by atoms with Crippen LogP contribution >= 0.6 is 0 Å². The van der Waals surface area contributed by atoms with Gasteiger partial charge in [0.1, 0.15) is 5.82 Å². The molecule has 1 heterocycles. The van der Waals surface area contributed by atoms with Gasteiger partial charge in [-0.2, -0.15) is 0 Å². The monoisotopic (exact) mass is 320 g/mol. The van der Waals surface area contributed by atoms with E-state index in [1.54, 1.807) is 6.07 Å². The number of benzene rings is 1. The van der Waals surface area contributed by atoms with Gasteiger partial charge in [0.25, 0.3) is 0 Å². The molecule has 0 radical (unpaired) electrons. The minimum atomic E-state index is -0.277. The molecule has 2 amide bonds. The summed E-state index contributed by atoms with van der Waals surface area (Å²) < 4.78 is 13.4. The van der Waals surface area contributed by atoms with Crippen LogP contribution in [0.15, 0.2) is 24.3 Å². The topological polar surface area (TPSA) is 49.4 Å². The molecular weight excluding hydrogens is 295 g/mol. The second kappa shape index (κ2) is 8.65. The van der Waals surface area contributed by atoms with Crippen molar-refractivity contribution in [1.82, 2.24) is 10.2 Å². The number of rotatable bonds is 7. The van der Waals surface area contributed by atoms with E-state index in [9.17, 15) is 14.0 Å². The van der Waals surface area contributed by atoms with E-state index in [0.29, 0.717) is 32.4 Å². The summed E-state index contributed by atoms with van der Waals surface area (Å²) in [4.78, 5) is 25.8. The van der Waals surface area contributed by atoms with E-state index in [1.807, 2.05) is 17.9 Å². The van der Waals surface area contributed by atoms with Crippen molar-refractivity contribution in [2.45, 2.75) is 51.5 Å². The van der Waals surface area contributed by atoms with E-state index in [0.717, 1.165) is 24.8 Å². The Morgan fingerprint density at radius 1 is 1.39 bits per heavy atom. The zero-order valence-electron chi connectivity index (χ0n) is 13.7. The molecule has 0 bridgehead atoms. The molecule has 4 nitrogen and oxygen atoms in total. The van der Waals surface area contributed by atoms with Crippen molar-refractivity contribution in [3.05, 3.63) is 35.6 Å². The van der Waals surface area contributed by atoms with E-state index in [2.05, 4.69) is 5.32 Å². The maximum absolute atomic E-state index is 13.4. The predicted molar refractivity (Wildman–Crippen MR) is 87.4 cm³/mol. The summed E-state index contributed by atoms with van der Waals surface area (Å²) in [6, 6.07) is 6.32. The number of nitrogens with one attached hydrogen (secondary N) is 1. The quantitative estimate of drug-likeness (QED) is 0.840. The Balaban J connectivity index is 2.06. The molecule has 5 heteroatoms. The van der Waals surface area contributed by atoms with Crippen LogP contribution in [0.25, 0.3) is 0 Å². The number of amides is 2. The number of carbonyl (C=O) groups excluding carboxylic acids is 2. The first-order chi connectivity index (χ1) is 11.1. The second-order valence-corrected chi connectivity index (χ2v) is 6.09. The number of hydrogen-bond acceptors (Lipinski definition) is 2. The van der Waals surface area contributed by atoms with Crippen LogP contribution in [0.2, 0.25) is 0 Å². The van der Waals surface area contributed by atoms with Crippen molar-refractivity contribution < 1.29 is 14.0 Å². The lowest BCUT2D eigenvalue weighted by atomic mass is 10.0. The molecule has 1 aromatic carbocycles. The first kappa shape index (κ1) is 17.4. The van der Waals surface area contributed by atoms with E-state index < -0.39 is 0 Å². The number of piperidine rings is 1. The molecule has 1 aromatic rings.